The summed E-state index contributed by atoms with van der Waals surface area (Å²) in [6.07, 6.45) is 1.72. The molecule has 1 aromatic heterocycles. The first-order chi connectivity index (χ1) is 9.50. The van der Waals surface area contributed by atoms with Gasteiger partial charge in [-0.15, -0.1) is 0 Å². The maximum atomic E-state index is 11.2. The molecule has 0 saturated carbocycles. The summed E-state index contributed by atoms with van der Waals surface area (Å²) in [6, 6.07) is 7.82. The summed E-state index contributed by atoms with van der Waals surface area (Å²) in [6.45, 7) is 4.19. The number of benzene rings is 1. The first-order valence-electron chi connectivity index (χ1n) is 6.50. The Labute approximate surface area is 126 Å². The molecule has 0 saturated heterocycles. The molecule has 2 rings (SSSR count). The van der Waals surface area contributed by atoms with Crippen molar-refractivity contribution in [1.29, 1.82) is 0 Å². The summed E-state index contributed by atoms with van der Waals surface area (Å²) < 4.78 is 0.999. The molecule has 1 heterocycles. The van der Waals surface area contributed by atoms with Gasteiger partial charge >= 0.3 is 5.97 Å². The Hall–Kier alpha value is -1.62. The van der Waals surface area contributed by atoms with Gasteiger partial charge in [0, 0.05) is 28.0 Å². The molecule has 5 heteroatoms. The number of fused-ring (bicyclic) bond motifs is 1. The third-order valence-electron chi connectivity index (χ3n) is 3.36. The lowest BCUT2D eigenvalue weighted by atomic mass is 9.96. The first kappa shape index (κ1) is 14.8. The predicted octanol–water partition coefficient (Wildman–Crippen LogP) is 3.77. The monoisotopic (exact) mass is 336 g/mol. The molecule has 1 aromatic carbocycles. The second-order valence-electron chi connectivity index (χ2n) is 5.06. The number of aliphatic carboxylic acids is 1. The van der Waals surface area contributed by atoms with Gasteiger partial charge in [0.2, 0.25) is 0 Å². The number of carboxylic acid groups (broad SMARTS) is 1. The van der Waals surface area contributed by atoms with Crippen molar-refractivity contribution in [2.45, 2.75) is 13.8 Å². The Morgan fingerprint density at radius 2 is 2.10 bits per heavy atom. The van der Waals surface area contributed by atoms with E-state index in [0.29, 0.717) is 6.54 Å². The standard InChI is InChI=1S/C15H17BrN2O2/c1-9(2)12(15(19)20)8-18-14-11-4-3-5-13(16)10(11)6-7-17-14/h3-7,9,12H,8H2,1-2H3,(H,17,18)(H,19,20). The number of hydrogen-bond donors (Lipinski definition) is 2. The molecule has 0 aliphatic heterocycles. The molecule has 106 valence electrons. The van der Waals surface area contributed by atoms with Crippen LogP contribution in [0.3, 0.4) is 0 Å². The molecule has 1 unspecified atom stereocenters. The van der Waals surface area contributed by atoms with E-state index in [2.05, 4.69) is 26.2 Å². The number of carbonyl (C=O) groups is 1. The van der Waals surface area contributed by atoms with Crippen molar-refractivity contribution in [3.63, 3.8) is 0 Å². The van der Waals surface area contributed by atoms with Crippen LogP contribution in [-0.2, 0) is 4.79 Å². The lowest BCUT2D eigenvalue weighted by Crippen LogP contribution is -2.27. The zero-order valence-corrected chi connectivity index (χ0v) is 13.0. The molecule has 2 N–H and O–H groups in total. The van der Waals surface area contributed by atoms with Crippen LogP contribution in [0.5, 0.6) is 0 Å². The van der Waals surface area contributed by atoms with Gasteiger partial charge in [-0.25, -0.2) is 4.98 Å². The molecular weight excluding hydrogens is 320 g/mol. The van der Waals surface area contributed by atoms with Crippen molar-refractivity contribution in [3.05, 3.63) is 34.9 Å². The number of carboxylic acids is 1. The zero-order valence-electron chi connectivity index (χ0n) is 11.4. The molecule has 0 bridgehead atoms. The SMILES string of the molecule is CC(C)C(CNc1nccc2c(Br)cccc12)C(=O)O. The van der Waals surface area contributed by atoms with E-state index in [0.717, 1.165) is 21.1 Å². The molecule has 0 radical (unpaired) electrons. The highest BCUT2D eigenvalue weighted by atomic mass is 79.9. The van der Waals surface area contributed by atoms with Gasteiger partial charge in [0.1, 0.15) is 5.82 Å². The quantitative estimate of drug-likeness (QED) is 0.872. The summed E-state index contributed by atoms with van der Waals surface area (Å²) in [5.74, 6) is -0.425. The molecule has 20 heavy (non-hydrogen) atoms. The van der Waals surface area contributed by atoms with Crippen molar-refractivity contribution < 1.29 is 9.90 Å². The molecule has 0 amide bonds. The number of pyridine rings is 1. The van der Waals surface area contributed by atoms with Crippen LogP contribution in [-0.4, -0.2) is 22.6 Å². The lowest BCUT2D eigenvalue weighted by Gasteiger charge is -2.17. The molecule has 0 spiro atoms. The minimum absolute atomic E-state index is 0.0710. The average Bonchev–Trinajstić information content (AvgIpc) is 2.39. The van der Waals surface area contributed by atoms with Crippen LogP contribution in [0.4, 0.5) is 5.82 Å². The number of nitrogens with zero attached hydrogens (tertiary/aromatic N) is 1. The van der Waals surface area contributed by atoms with Gasteiger partial charge in [-0.1, -0.05) is 41.9 Å². The van der Waals surface area contributed by atoms with Gasteiger partial charge in [0.15, 0.2) is 0 Å². The summed E-state index contributed by atoms with van der Waals surface area (Å²) in [7, 11) is 0. The van der Waals surface area contributed by atoms with E-state index in [9.17, 15) is 9.90 Å². The van der Waals surface area contributed by atoms with Gasteiger partial charge in [-0.3, -0.25) is 4.79 Å². The predicted molar refractivity (Wildman–Crippen MR) is 83.9 cm³/mol. The number of halogens is 1. The van der Waals surface area contributed by atoms with Crippen LogP contribution in [0.2, 0.25) is 0 Å². The number of nitrogens with one attached hydrogen (secondary N) is 1. The fourth-order valence-electron chi connectivity index (χ4n) is 2.12. The number of hydrogen-bond acceptors (Lipinski definition) is 3. The van der Waals surface area contributed by atoms with Crippen molar-refractivity contribution in [1.82, 2.24) is 4.98 Å². The second kappa shape index (κ2) is 6.22. The highest BCUT2D eigenvalue weighted by Crippen LogP contribution is 2.27. The van der Waals surface area contributed by atoms with E-state index in [1.807, 2.05) is 38.1 Å². The number of anilines is 1. The summed E-state index contributed by atoms with van der Waals surface area (Å²) >= 11 is 3.51. The van der Waals surface area contributed by atoms with Crippen LogP contribution < -0.4 is 5.32 Å². The largest absolute Gasteiger partial charge is 0.481 e. The third-order valence-corrected chi connectivity index (χ3v) is 4.06. The Kier molecular flexibility index (Phi) is 4.60. The third kappa shape index (κ3) is 3.10. The van der Waals surface area contributed by atoms with Crippen LogP contribution in [0.15, 0.2) is 34.9 Å². The van der Waals surface area contributed by atoms with Crippen molar-refractivity contribution in [2.75, 3.05) is 11.9 Å². The smallest absolute Gasteiger partial charge is 0.308 e. The average molecular weight is 337 g/mol. The van der Waals surface area contributed by atoms with Gasteiger partial charge in [0.25, 0.3) is 0 Å². The van der Waals surface area contributed by atoms with Gasteiger partial charge in [0.05, 0.1) is 5.92 Å². The Balaban J connectivity index is 2.26. The molecular formula is C15H17BrN2O2. The maximum absolute atomic E-state index is 11.2. The van der Waals surface area contributed by atoms with Crippen molar-refractivity contribution in [2.24, 2.45) is 11.8 Å². The number of aromatic nitrogens is 1. The molecule has 0 aliphatic carbocycles. The summed E-state index contributed by atoms with van der Waals surface area (Å²) in [5.41, 5.74) is 0. The topological polar surface area (TPSA) is 62.2 Å². The van der Waals surface area contributed by atoms with Crippen LogP contribution in [0.25, 0.3) is 10.8 Å². The summed E-state index contributed by atoms with van der Waals surface area (Å²) in [5, 5.41) is 14.4. The Bertz CT molecular complexity index is 628. The van der Waals surface area contributed by atoms with Gasteiger partial charge < -0.3 is 10.4 Å². The molecule has 0 aliphatic rings. The van der Waals surface area contributed by atoms with Crippen molar-refractivity contribution >= 4 is 38.5 Å². The van der Waals surface area contributed by atoms with E-state index in [1.54, 1.807) is 6.20 Å². The van der Waals surface area contributed by atoms with E-state index < -0.39 is 11.9 Å². The molecule has 2 aromatic rings. The highest BCUT2D eigenvalue weighted by molar-refractivity contribution is 9.10. The van der Waals surface area contributed by atoms with E-state index in [4.69, 9.17) is 0 Å². The van der Waals surface area contributed by atoms with E-state index >= 15 is 0 Å². The molecule has 1 atom stereocenters. The van der Waals surface area contributed by atoms with Gasteiger partial charge in [-0.05, 0) is 18.1 Å². The zero-order chi connectivity index (χ0) is 14.7. The van der Waals surface area contributed by atoms with E-state index in [-0.39, 0.29) is 5.92 Å². The normalized spacial score (nSPS) is 12.6. The van der Waals surface area contributed by atoms with Crippen LogP contribution >= 0.6 is 15.9 Å². The Morgan fingerprint density at radius 3 is 2.75 bits per heavy atom. The minimum atomic E-state index is -0.783. The molecule has 0 fully saturated rings. The van der Waals surface area contributed by atoms with Gasteiger partial charge in [-0.2, -0.15) is 0 Å². The van der Waals surface area contributed by atoms with E-state index in [1.165, 1.54) is 0 Å². The molecule has 4 nitrogen and oxygen atoms in total. The Morgan fingerprint density at radius 1 is 1.35 bits per heavy atom. The van der Waals surface area contributed by atoms with Crippen molar-refractivity contribution in [3.8, 4) is 0 Å². The summed E-state index contributed by atoms with van der Waals surface area (Å²) in [4.78, 5) is 15.5. The fourth-order valence-corrected chi connectivity index (χ4v) is 2.62. The first-order valence-corrected chi connectivity index (χ1v) is 7.30. The highest BCUT2D eigenvalue weighted by Gasteiger charge is 2.21. The van der Waals surface area contributed by atoms with Crippen LogP contribution in [0, 0.1) is 11.8 Å². The van der Waals surface area contributed by atoms with Crippen LogP contribution in [0.1, 0.15) is 13.8 Å². The second-order valence-corrected chi connectivity index (χ2v) is 5.92. The fraction of sp³-hybridized carbons (Fsp3) is 0.333. The minimum Gasteiger partial charge on any atom is -0.481 e. The number of rotatable bonds is 5. The maximum Gasteiger partial charge on any atom is 0.308 e. The lowest BCUT2D eigenvalue weighted by molar-refractivity contribution is -0.142.